The van der Waals surface area contributed by atoms with Gasteiger partial charge >= 0.3 is 0 Å². The fourth-order valence-corrected chi connectivity index (χ4v) is 2.78. The molecule has 1 heterocycles. The lowest BCUT2D eigenvalue weighted by Gasteiger charge is -2.02. The first kappa shape index (κ1) is 13.7. The molecule has 0 atom stereocenters. The van der Waals surface area contributed by atoms with Crippen LogP contribution in [0.5, 0.6) is 0 Å². The number of aryl methyl sites for hydroxylation is 2. The number of amides is 1. The molecular weight excluding hydrogens is 286 g/mol. The lowest BCUT2D eigenvalue weighted by molar-refractivity contribution is -0.121. The van der Waals surface area contributed by atoms with E-state index in [9.17, 15) is 4.79 Å². The van der Waals surface area contributed by atoms with Gasteiger partial charge in [-0.2, -0.15) is 0 Å². The summed E-state index contributed by atoms with van der Waals surface area (Å²) in [5.41, 5.74) is 1.31. The van der Waals surface area contributed by atoms with E-state index in [1.54, 1.807) is 11.3 Å². The quantitative estimate of drug-likeness (QED) is 0.632. The normalized spacial score (nSPS) is 10.4. The number of carbonyl (C=O) groups is 1. The predicted octanol–water partition coefficient (Wildman–Crippen LogP) is 3.55. The van der Waals surface area contributed by atoms with Gasteiger partial charge in [0.15, 0.2) is 0 Å². The Hall–Kier alpha value is -0.350. The van der Waals surface area contributed by atoms with E-state index in [1.807, 2.05) is 0 Å². The molecule has 0 aliphatic carbocycles. The summed E-state index contributed by atoms with van der Waals surface area (Å²) in [6.07, 6.45) is 2.65. The van der Waals surface area contributed by atoms with E-state index in [4.69, 9.17) is 0 Å². The van der Waals surface area contributed by atoms with E-state index in [-0.39, 0.29) is 5.91 Å². The van der Waals surface area contributed by atoms with Crippen LogP contribution < -0.4 is 5.32 Å². The highest BCUT2D eigenvalue weighted by molar-refractivity contribution is 9.09. The maximum Gasteiger partial charge on any atom is 0.220 e. The molecule has 0 fully saturated rings. The minimum atomic E-state index is 0.157. The fraction of sp³-hybridized carbons (Fsp3) is 0.583. The molecule has 0 aliphatic rings. The molecule has 0 spiro atoms. The second-order valence-corrected chi connectivity index (χ2v) is 6.01. The Morgan fingerprint density at radius 3 is 2.75 bits per heavy atom. The van der Waals surface area contributed by atoms with Crippen molar-refractivity contribution in [3.05, 3.63) is 21.4 Å². The third-order valence-electron chi connectivity index (χ3n) is 2.46. The summed E-state index contributed by atoms with van der Waals surface area (Å²) in [5.74, 6) is 0.157. The number of rotatable bonds is 6. The average molecular weight is 304 g/mol. The summed E-state index contributed by atoms with van der Waals surface area (Å²) in [4.78, 5) is 14.0. The molecule has 16 heavy (non-hydrogen) atoms. The van der Waals surface area contributed by atoms with Crippen molar-refractivity contribution in [1.82, 2.24) is 5.32 Å². The van der Waals surface area contributed by atoms with Crippen LogP contribution in [0.1, 0.15) is 34.6 Å². The maximum atomic E-state index is 11.5. The van der Waals surface area contributed by atoms with E-state index >= 15 is 0 Å². The smallest absolute Gasteiger partial charge is 0.220 e. The predicted molar refractivity (Wildman–Crippen MR) is 73.3 cm³/mol. The van der Waals surface area contributed by atoms with Gasteiger partial charge < -0.3 is 5.32 Å². The van der Waals surface area contributed by atoms with E-state index in [2.05, 4.69) is 41.2 Å². The lowest BCUT2D eigenvalue weighted by Crippen LogP contribution is -2.21. The second-order valence-electron chi connectivity index (χ2n) is 3.87. The van der Waals surface area contributed by atoms with E-state index in [1.165, 1.54) is 15.3 Å². The Labute approximate surface area is 110 Å². The number of halogens is 1. The first-order chi connectivity index (χ1) is 7.63. The maximum absolute atomic E-state index is 11.5. The molecular formula is C12H18BrNOS. The first-order valence-electron chi connectivity index (χ1n) is 5.52. The van der Waals surface area contributed by atoms with Crippen LogP contribution in [0.4, 0.5) is 0 Å². The number of nitrogens with one attached hydrogen (secondary N) is 1. The molecule has 0 aliphatic heterocycles. The molecule has 0 unspecified atom stereocenters. The van der Waals surface area contributed by atoms with Crippen molar-refractivity contribution in [3.63, 3.8) is 0 Å². The molecule has 0 bridgehead atoms. The molecule has 0 radical (unpaired) electrons. The summed E-state index contributed by atoms with van der Waals surface area (Å²) in [6, 6.07) is 2.15. The summed E-state index contributed by atoms with van der Waals surface area (Å²) < 4.78 is 0. The van der Waals surface area contributed by atoms with Crippen LogP contribution in [0.15, 0.2) is 6.07 Å². The Kier molecular flexibility index (Phi) is 6.06. The Morgan fingerprint density at radius 2 is 2.19 bits per heavy atom. The third-order valence-corrected chi connectivity index (χ3v) is 4.18. The van der Waals surface area contributed by atoms with Gasteiger partial charge in [0.25, 0.3) is 0 Å². The standard InChI is InChI=1S/C12H18BrNOS/c1-9-7-11(16-10(9)2)8-14-12(15)5-3-4-6-13/h7H,3-6,8H2,1-2H3,(H,14,15). The summed E-state index contributed by atoms with van der Waals surface area (Å²) in [6.45, 7) is 4.89. The SMILES string of the molecule is Cc1cc(CNC(=O)CCCCBr)sc1C. The van der Waals surface area contributed by atoms with Crippen LogP contribution in [0.25, 0.3) is 0 Å². The van der Waals surface area contributed by atoms with Gasteiger partial charge in [0, 0.05) is 21.5 Å². The molecule has 0 saturated carbocycles. The number of hydrogen-bond donors (Lipinski definition) is 1. The number of alkyl halides is 1. The highest BCUT2D eigenvalue weighted by atomic mass is 79.9. The van der Waals surface area contributed by atoms with Crippen LogP contribution in [-0.2, 0) is 11.3 Å². The second kappa shape index (κ2) is 7.07. The van der Waals surface area contributed by atoms with Crippen LogP contribution >= 0.6 is 27.3 Å². The van der Waals surface area contributed by atoms with Crippen LogP contribution in [0.2, 0.25) is 0 Å². The molecule has 90 valence electrons. The van der Waals surface area contributed by atoms with Gasteiger partial charge in [-0.05, 0) is 38.3 Å². The van der Waals surface area contributed by atoms with Crippen LogP contribution in [0, 0.1) is 13.8 Å². The van der Waals surface area contributed by atoms with Gasteiger partial charge in [-0.25, -0.2) is 0 Å². The van der Waals surface area contributed by atoms with E-state index in [0.717, 1.165) is 18.2 Å². The monoisotopic (exact) mass is 303 g/mol. The van der Waals surface area contributed by atoms with Crippen molar-refractivity contribution in [1.29, 1.82) is 0 Å². The molecule has 0 saturated heterocycles. The van der Waals surface area contributed by atoms with E-state index in [0.29, 0.717) is 13.0 Å². The fourth-order valence-electron chi connectivity index (χ4n) is 1.39. The largest absolute Gasteiger partial charge is 0.351 e. The van der Waals surface area contributed by atoms with Crippen molar-refractivity contribution >= 4 is 33.2 Å². The summed E-state index contributed by atoms with van der Waals surface area (Å²) >= 11 is 5.12. The zero-order valence-corrected chi connectivity index (χ0v) is 12.2. The molecule has 1 aromatic heterocycles. The lowest BCUT2D eigenvalue weighted by atomic mass is 10.2. The van der Waals surface area contributed by atoms with Crippen molar-refractivity contribution in [2.24, 2.45) is 0 Å². The van der Waals surface area contributed by atoms with Crippen LogP contribution in [0.3, 0.4) is 0 Å². The van der Waals surface area contributed by atoms with Crippen LogP contribution in [-0.4, -0.2) is 11.2 Å². The highest BCUT2D eigenvalue weighted by Gasteiger charge is 2.04. The van der Waals surface area contributed by atoms with Gasteiger partial charge in [-0.15, -0.1) is 11.3 Å². The number of hydrogen-bond acceptors (Lipinski definition) is 2. The Morgan fingerprint density at radius 1 is 1.44 bits per heavy atom. The van der Waals surface area contributed by atoms with Crippen molar-refractivity contribution < 1.29 is 4.79 Å². The van der Waals surface area contributed by atoms with Crippen molar-refractivity contribution in [2.75, 3.05) is 5.33 Å². The number of thiophene rings is 1. The molecule has 1 rings (SSSR count). The molecule has 0 aromatic carbocycles. The number of carbonyl (C=O) groups excluding carboxylic acids is 1. The molecule has 1 N–H and O–H groups in total. The van der Waals surface area contributed by atoms with Gasteiger partial charge in [0.1, 0.15) is 0 Å². The molecule has 4 heteroatoms. The van der Waals surface area contributed by atoms with Gasteiger partial charge in [0.05, 0.1) is 6.54 Å². The third kappa shape index (κ3) is 4.66. The molecule has 2 nitrogen and oxygen atoms in total. The minimum absolute atomic E-state index is 0.157. The summed E-state index contributed by atoms with van der Waals surface area (Å²) in [5, 5.41) is 3.93. The Balaban J connectivity index is 2.26. The first-order valence-corrected chi connectivity index (χ1v) is 7.46. The van der Waals surface area contributed by atoms with Gasteiger partial charge in [-0.1, -0.05) is 15.9 Å². The van der Waals surface area contributed by atoms with Crippen molar-refractivity contribution in [2.45, 2.75) is 39.7 Å². The highest BCUT2D eigenvalue weighted by Crippen LogP contribution is 2.20. The van der Waals surface area contributed by atoms with Gasteiger partial charge in [-0.3, -0.25) is 4.79 Å². The Bertz CT molecular complexity index is 329. The summed E-state index contributed by atoms with van der Waals surface area (Å²) in [7, 11) is 0. The number of unbranched alkanes of at least 4 members (excludes halogenated alkanes) is 1. The molecule has 1 aromatic rings. The zero-order valence-electron chi connectivity index (χ0n) is 9.81. The minimum Gasteiger partial charge on any atom is -0.351 e. The average Bonchev–Trinajstić information content (AvgIpc) is 2.56. The van der Waals surface area contributed by atoms with Gasteiger partial charge in [0.2, 0.25) is 5.91 Å². The van der Waals surface area contributed by atoms with Crippen molar-refractivity contribution in [3.8, 4) is 0 Å². The molecule has 1 amide bonds. The van der Waals surface area contributed by atoms with E-state index < -0.39 is 0 Å². The topological polar surface area (TPSA) is 29.1 Å². The zero-order chi connectivity index (χ0) is 12.0.